The quantitative estimate of drug-likeness (QED) is 0.441. The molecule has 0 radical (unpaired) electrons. The molecule has 3 heterocycles. The van der Waals surface area contributed by atoms with Crippen LogP contribution in [0.25, 0.3) is 20.4 Å². The number of aliphatic hydroxyl groups is 1. The number of thiophene rings is 1. The number of ether oxygens (including phenoxy) is 1. The summed E-state index contributed by atoms with van der Waals surface area (Å²) in [6.45, 7) is 6.02. The monoisotopic (exact) mass is 437 g/mol. The molecule has 0 aliphatic carbocycles. The fourth-order valence-electron chi connectivity index (χ4n) is 3.35. The lowest BCUT2D eigenvalue weighted by Gasteiger charge is -2.18. The minimum atomic E-state index is -0.868. The Kier molecular flexibility index (Phi) is 5.55. The van der Waals surface area contributed by atoms with Crippen LogP contribution >= 0.6 is 11.3 Å². The van der Waals surface area contributed by atoms with Gasteiger partial charge in [-0.15, -0.1) is 16.4 Å². The molecule has 4 aromatic rings. The van der Waals surface area contributed by atoms with Crippen molar-refractivity contribution in [2.75, 3.05) is 12.4 Å². The van der Waals surface area contributed by atoms with E-state index in [1.54, 1.807) is 13.8 Å². The maximum atomic E-state index is 11.7. The second kappa shape index (κ2) is 8.16. The Morgan fingerprint density at radius 1 is 1.19 bits per heavy atom. The third-order valence-corrected chi connectivity index (χ3v) is 6.25. The topological polar surface area (TPSA) is 110 Å². The van der Waals surface area contributed by atoms with E-state index in [9.17, 15) is 9.90 Å². The van der Waals surface area contributed by atoms with Crippen LogP contribution in [-0.2, 0) is 28.1 Å². The molecule has 0 fully saturated rings. The van der Waals surface area contributed by atoms with E-state index in [0.717, 1.165) is 37.1 Å². The van der Waals surface area contributed by atoms with Crippen molar-refractivity contribution in [3.63, 3.8) is 0 Å². The van der Waals surface area contributed by atoms with Gasteiger partial charge in [0.05, 0.1) is 35.0 Å². The molecule has 0 aliphatic rings. The van der Waals surface area contributed by atoms with Crippen LogP contribution in [0.2, 0.25) is 0 Å². The normalized spacial score (nSPS) is 11.8. The lowest BCUT2D eigenvalue weighted by molar-refractivity contribution is -0.139. The summed E-state index contributed by atoms with van der Waals surface area (Å²) in [5.74, 6) is 0.359. The second-order valence-electron chi connectivity index (χ2n) is 7.82. The maximum absolute atomic E-state index is 11.7. The number of esters is 1. The van der Waals surface area contributed by atoms with Crippen LogP contribution in [0.1, 0.15) is 36.2 Å². The first-order valence-corrected chi connectivity index (χ1v) is 10.6. The number of aryl methyl sites for hydroxylation is 1. The first kappa shape index (κ1) is 21.1. The molecule has 31 heavy (non-hydrogen) atoms. The second-order valence-corrected chi connectivity index (χ2v) is 8.82. The minimum absolute atomic E-state index is 0.0689. The molecule has 8 nitrogen and oxygen atoms in total. The molecule has 0 unspecified atom stereocenters. The van der Waals surface area contributed by atoms with Gasteiger partial charge in [0.2, 0.25) is 0 Å². The van der Waals surface area contributed by atoms with E-state index in [2.05, 4.69) is 25.5 Å². The number of fused-ring (bicyclic) bond motifs is 3. The van der Waals surface area contributed by atoms with Gasteiger partial charge in [0.15, 0.2) is 0 Å². The van der Waals surface area contributed by atoms with Gasteiger partial charge in [-0.3, -0.25) is 4.79 Å². The maximum Gasteiger partial charge on any atom is 0.311 e. The molecule has 0 saturated carbocycles. The van der Waals surface area contributed by atoms with Crippen molar-refractivity contribution in [2.24, 2.45) is 0 Å². The summed E-state index contributed by atoms with van der Waals surface area (Å²) in [7, 11) is 1.35. The zero-order valence-corrected chi connectivity index (χ0v) is 18.6. The Morgan fingerprint density at radius 2 is 1.94 bits per heavy atom. The third-order valence-electron chi connectivity index (χ3n) is 5.18. The molecule has 0 bridgehead atoms. The summed E-state index contributed by atoms with van der Waals surface area (Å²) in [5.41, 5.74) is 3.30. The van der Waals surface area contributed by atoms with Crippen LogP contribution in [0.4, 0.5) is 5.82 Å². The van der Waals surface area contributed by atoms with E-state index in [0.29, 0.717) is 18.1 Å². The first-order valence-electron chi connectivity index (χ1n) is 9.79. The van der Waals surface area contributed by atoms with E-state index in [1.807, 2.05) is 31.2 Å². The number of carbonyl (C=O) groups is 1. The van der Waals surface area contributed by atoms with Crippen LogP contribution in [0.5, 0.6) is 0 Å². The number of hydrogen-bond donors (Lipinski definition) is 2. The zero-order chi connectivity index (χ0) is 22.2. The van der Waals surface area contributed by atoms with Crippen molar-refractivity contribution in [3.8, 4) is 0 Å². The van der Waals surface area contributed by atoms with Gasteiger partial charge in [0, 0.05) is 11.9 Å². The lowest BCUT2D eigenvalue weighted by Crippen LogP contribution is -2.15. The van der Waals surface area contributed by atoms with E-state index in [-0.39, 0.29) is 12.4 Å². The fraction of sp³-hybridized carbons (Fsp3) is 0.318. The summed E-state index contributed by atoms with van der Waals surface area (Å²) < 4.78 is 5.64. The average Bonchev–Trinajstić information content (AvgIpc) is 3.13. The number of nitrogens with one attached hydrogen (secondary N) is 1. The molecule has 0 saturated heterocycles. The highest BCUT2D eigenvalue weighted by molar-refractivity contribution is 7.25. The van der Waals surface area contributed by atoms with Crippen molar-refractivity contribution < 1.29 is 14.6 Å². The molecule has 4 rings (SSSR count). The van der Waals surface area contributed by atoms with Crippen molar-refractivity contribution in [1.29, 1.82) is 0 Å². The van der Waals surface area contributed by atoms with Gasteiger partial charge in [-0.2, -0.15) is 5.10 Å². The van der Waals surface area contributed by atoms with Crippen molar-refractivity contribution in [3.05, 3.63) is 53.0 Å². The van der Waals surface area contributed by atoms with Crippen molar-refractivity contribution >= 4 is 43.6 Å². The Labute approximate surface area is 183 Å². The van der Waals surface area contributed by atoms with Crippen molar-refractivity contribution in [2.45, 2.75) is 39.3 Å². The number of anilines is 1. The fourth-order valence-corrected chi connectivity index (χ4v) is 4.45. The van der Waals surface area contributed by atoms with Gasteiger partial charge >= 0.3 is 5.97 Å². The first-order chi connectivity index (χ1) is 14.8. The zero-order valence-electron chi connectivity index (χ0n) is 17.8. The predicted molar refractivity (Wildman–Crippen MR) is 120 cm³/mol. The van der Waals surface area contributed by atoms with Crippen LogP contribution < -0.4 is 5.32 Å². The molecule has 2 N–H and O–H groups in total. The van der Waals surface area contributed by atoms with Crippen molar-refractivity contribution in [1.82, 2.24) is 20.2 Å². The summed E-state index contributed by atoms with van der Waals surface area (Å²) in [6, 6.07) is 7.82. The third kappa shape index (κ3) is 4.19. The van der Waals surface area contributed by atoms with Gasteiger partial charge in [-0.25, -0.2) is 9.97 Å². The smallest absolute Gasteiger partial charge is 0.311 e. The van der Waals surface area contributed by atoms with Gasteiger partial charge in [-0.05, 0) is 37.5 Å². The molecule has 9 heteroatoms. The van der Waals surface area contributed by atoms with E-state index in [4.69, 9.17) is 4.74 Å². The number of carbonyl (C=O) groups excluding carboxylic acids is 1. The molecule has 0 amide bonds. The lowest BCUT2D eigenvalue weighted by atomic mass is 9.97. The Bertz CT molecular complexity index is 1260. The molecule has 160 valence electrons. The molecule has 3 aromatic heterocycles. The molecule has 1 aromatic carbocycles. The number of benzene rings is 1. The standard InChI is InChI=1S/C22H23N5O3S/c1-12-15(9-16(28)30-4)26-27-21-17(12)18-19(31-21)20(25-11-24-18)23-10-13-5-7-14(8-6-13)22(2,3)29/h5-8,11,29H,9-10H2,1-4H3,(H,23,24,25). The van der Waals surface area contributed by atoms with Gasteiger partial charge < -0.3 is 15.2 Å². The highest BCUT2D eigenvalue weighted by Gasteiger charge is 2.19. The van der Waals surface area contributed by atoms with Gasteiger partial charge in [0.25, 0.3) is 0 Å². The molecule has 0 spiro atoms. The van der Waals surface area contributed by atoms with E-state index < -0.39 is 5.60 Å². The highest BCUT2D eigenvalue weighted by Crippen LogP contribution is 2.37. The number of aromatic nitrogens is 4. The van der Waals surface area contributed by atoms with Crippen LogP contribution in [0.15, 0.2) is 30.6 Å². The summed E-state index contributed by atoms with van der Waals surface area (Å²) in [4.78, 5) is 21.3. The number of hydrogen-bond acceptors (Lipinski definition) is 9. The van der Waals surface area contributed by atoms with Crippen LogP contribution in [0.3, 0.4) is 0 Å². The van der Waals surface area contributed by atoms with Crippen LogP contribution in [-0.4, -0.2) is 38.4 Å². The molecule has 0 aliphatic heterocycles. The largest absolute Gasteiger partial charge is 0.469 e. The summed E-state index contributed by atoms with van der Waals surface area (Å²) in [6.07, 6.45) is 1.59. The average molecular weight is 438 g/mol. The highest BCUT2D eigenvalue weighted by atomic mass is 32.1. The SMILES string of the molecule is COC(=O)Cc1nnc2sc3c(NCc4ccc(C(C)(C)O)cc4)ncnc3c2c1C. The van der Waals surface area contributed by atoms with E-state index >= 15 is 0 Å². The number of methoxy groups -OCH3 is 1. The molecular weight excluding hydrogens is 414 g/mol. The number of rotatable bonds is 6. The Hall–Kier alpha value is -3.17. The molecule has 0 atom stereocenters. The van der Waals surface area contributed by atoms with Gasteiger partial charge in [0.1, 0.15) is 17.0 Å². The predicted octanol–water partition coefficient (Wildman–Crippen LogP) is 3.50. The van der Waals surface area contributed by atoms with Gasteiger partial charge in [-0.1, -0.05) is 24.3 Å². The summed E-state index contributed by atoms with van der Waals surface area (Å²) in [5, 5.41) is 22.9. The minimum Gasteiger partial charge on any atom is -0.469 e. The summed E-state index contributed by atoms with van der Waals surface area (Å²) >= 11 is 1.47. The van der Waals surface area contributed by atoms with E-state index in [1.165, 1.54) is 24.8 Å². The molecular formula is C22H23N5O3S. The van der Waals surface area contributed by atoms with Crippen LogP contribution in [0, 0.1) is 6.92 Å². The number of nitrogens with zero attached hydrogens (tertiary/aromatic N) is 4. The Balaban J connectivity index is 1.65. The Morgan fingerprint density at radius 3 is 2.61 bits per heavy atom.